The van der Waals surface area contributed by atoms with Crippen LogP contribution in [0.3, 0.4) is 0 Å². The fraction of sp³-hybridized carbons (Fsp3) is 0.263. The van der Waals surface area contributed by atoms with Crippen LogP contribution >= 0.6 is 0 Å². The molecule has 0 bridgehead atoms. The van der Waals surface area contributed by atoms with Gasteiger partial charge in [0.25, 0.3) is 0 Å². The van der Waals surface area contributed by atoms with Crippen molar-refractivity contribution < 1.29 is 19.1 Å². The fourth-order valence-electron chi connectivity index (χ4n) is 2.55. The lowest BCUT2D eigenvalue weighted by Crippen LogP contribution is -2.44. The van der Waals surface area contributed by atoms with E-state index in [-0.39, 0.29) is 0 Å². The summed E-state index contributed by atoms with van der Waals surface area (Å²) in [7, 11) is 0. The van der Waals surface area contributed by atoms with Gasteiger partial charge >= 0.3 is 18.0 Å². The second-order valence-corrected chi connectivity index (χ2v) is 5.31. The van der Waals surface area contributed by atoms with Crippen molar-refractivity contribution in [1.29, 1.82) is 0 Å². The first-order valence-corrected chi connectivity index (χ1v) is 8.11. The molecular weight excluding hydrogens is 320 g/mol. The van der Waals surface area contributed by atoms with Gasteiger partial charge in [-0.15, -0.1) is 0 Å². The summed E-state index contributed by atoms with van der Waals surface area (Å²) >= 11 is 0. The molecule has 6 nitrogen and oxygen atoms in total. The van der Waals surface area contributed by atoms with Crippen molar-refractivity contribution >= 4 is 12.2 Å². The first-order valence-electron chi connectivity index (χ1n) is 8.11. The molecule has 0 aliphatic heterocycles. The number of ether oxygens (including phenoxy) is 2. The summed E-state index contributed by atoms with van der Waals surface area (Å²) in [6, 6.07) is 17.6. The zero-order valence-electron chi connectivity index (χ0n) is 14.3. The van der Waals surface area contributed by atoms with Gasteiger partial charge in [-0.2, -0.15) is 0 Å². The van der Waals surface area contributed by atoms with Crippen LogP contribution in [0.1, 0.15) is 25.0 Å². The summed E-state index contributed by atoms with van der Waals surface area (Å²) in [4.78, 5) is 25.8. The average molecular weight is 342 g/mol. The highest BCUT2D eigenvalue weighted by Crippen LogP contribution is 2.35. The average Bonchev–Trinajstić information content (AvgIpc) is 2.63. The molecule has 0 saturated heterocycles. The van der Waals surface area contributed by atoms with E-state index in [4.69, 9.17) is 15.2 Å². The number of carbonyl (C=O) groups excluding carboxylic acids is 2. The fourth-order valence-corrected chi connectivity index (χ4v) is 2.55. The predicted octanol–water partition coefficient (Wildman–Crippen LogP) is 3.46. The maximum atomic E-state index is 12.6. The maximum absolute atomic E-state index is 12.6. The van der Waals surface area contributed by atoms with E-state index in [1.807, 2.05) is 26.0 Å². The first kappa shape index (κ1) is 18.3. The Morgan fingerprint density at radius 2 is 1.32 bits per heavy atom. The Bertz CT molecular complexity index is 660. The Labute approximate surface area is 147 Å². The number of amides is 2. The minimum atomic E-state index is -1.76. The van der Waals surface area contributed by atoms with Crippen molar-refractivity contribution in [3.05, 3.63) is 71.8 Å². The Morgan fingerprint density at radius 1 is 0.880 bits per heavy atom. The van der Waals surface area contributed by atoms with Crippen molar-refractivity contribution in [3.63, 3.8) is 0 Å². The molecule has 0 unspecified atom stereocenters. The molecule has 2 amide bonds. The van der Waals surface area contributed by atoms with Crippen LogP contribution in [0, 0.1) is 0 Å². The van der Waals surface area contributed by atoms with E-state index in [1.165, 1.54) is 4.90 Å². The van der Waals surface area contributed by atoms with E-state index in [9.17, 15) is 9.59 Å². The van der Waals surface area contributed by atoms with Crippen molar-refractivity contribution in [2.45, 2.75) is 19.6 Å². The van der Waals surface area contributed by atoms with E-state index >= 15 is 0 Å². The summed E-state index contributed by atoms with van der Waals surface area (Å²) in [5.74, 6) is -1.76. The zero-order chi connectivity index (χ0) is 18.3. The quantitative estimate of drug-likeness (QED) is 0.815. The van der Waals surface area contributed by atoms with Crippen LogP contribution in [0.4, 0.5) is 9.59 Å². The van der Waals surface area contributed by atoms with Gasteiger partial charge in [-0.25, -0.2) is 9.59 Å². The minimum absolute atomic E-state index is 0.464. The van der Waals surface area contributed by atoms with Crippen LogP contribution in [0.15, 0.2) is 60.7 Å². The Morgan fingerprint density at radius 3 is 1.68 bits per heavy atom. The van der Waals surface area contributed by atoms with Gasteiger partial charge in [0, 0.05) is 24.2 Å². The number of carbonyl (C=O) groups is 2. The Balaban J connectivity index is 2.59. The van der Waals surface area contributed by atoms with Crippen LogP contribution in [-0.2, 0) is 15.3 Å². The molecule has 132 valence electrons. The van der Waals surface area contributed by atoms with Crippen LogP contribution in [-0.4, -0.2) is 30.2 Å². The number of hydrogen-bond donors (Lipinski definition) is 1. The number of rotatable bonds is 6. The number of benzene rings is 2. The van der Waals surface area contributed by atoms with Crippen LogP contribution in [0.2, 0.25) is 0 Å². The van der Waals surface area contributed by atoms with E-state index < -0.39 is 18.0 Å². The van der Waals surface area contributed by atoms with Gasteiger partial charge in [0.05, 0.1) is 0 Å². The molecule has 0 aromatic heterocycles. The molecule has 25 heavy (non-hydrogen) atoms. The van der Waals surface area contributed by atoms with Gasteiger partial charge in [0.2, 0.25) is 0 Å². The van der Waals surface area contributed by atoms with Crippen molar-refractivity contribution in [1.82, 2.24) is 4.90 Å². The van der Waals surface area contributed by atoms with Gasteiger partial charge < -0.3 is 20.1 Å². The van der Waals surface area contributed by atoms with Crippen molar-refractivity contribution in [2.24, 2.45) is 5.73 Å². The molecule has 0 fully saturated rings. The molecule has 0 aliphatic rings. The molecule has 2 aromatic carbocycles. The number of nitrogens with two attached hydrogens (primary N) is 1. The van der Waals surface area contributed by atoms with E-state index in [0.717, 1.165) is 0 Å². The van der Waals surface area contributed by atoms with Gasteiger partial charge in [0.15, 0.2) is 0 Å². The number of hydrogen-bond acceptors (Lipinski definition) is 4. The summed E-state index contributed by atoms with van der Waals surface area (Å²) < 4.78 is 11.1. The van der Waals surface area contributed by atoms with Crippen molar-refractivity contribution in [3.8, 4) is 0 Å². The molecule has 0 atom stereocenters. The third-order valence-corrected chi connectivity index (χ3v) is 3.80. The smallest absolute Gasteiger partial charge is 0.397 e. The molecule has 0 saturated carbocycles. The molecular formula is C19H22N2O4. The molecule has 6 heteroatoms. The first-order chi connectivity index (χ1) is 12.0. The lowest BCUT2D eigenvalue weighted by molar-refractivity contribution is -0.143. The van der Waals surface area contributed by atoms with Crippen LogP contribution in [0.25, 0.3) is 0 Å². The summed E-state index contributed by atoms with van der Waals surface area (Å²) in [6.07, 6.45) is -1.64. The molecule has 2 N–H and O–H groups in total. The zero-order valence-corrected chi connectivity index (χ0v) is 14.3. The van der Waals surface area contributed by atoms with Crippen LogP contribution < -0.4 is 5.73 Å². The standard InChI is InChI=1S/C19H22N2O4/c1-3-21(4-2)18(23)25-19(24-17(20)22,15-11-7-5-8-12-15)16-13-9-6-10-14-16/h5-14H,3-4H2,1-2H3,(H2,20,22). The third-order valence-electron chi connectivity index (χ3n) is 3.80. The second kappa shape index (κ2) is 8.19. The van der Waals surface area contributed by atoms with Crippen LogP contribution in [0.5, 0.6) is 0 Å². The molecule has 0 aliphatic carbocycles. The predicted molar refractivity (Wildman–Crippen MR) is 93.7 cm³/mol. The van der Waals surface area contributed by atoms with Crippen molar-refractivity contribution in [2.75, 3.05) is 13.1 Å². The van der Waals surface area contributed by atoms with E-state index in [2.05, 4.69) is 0 Å². The molecule has 2 rings (SSSR count). The monoisotopic (exact) mass is 342 g/mol. The highest BCUT2D eigenvalue weighted by atomic mass is 16.7. The summed E-state index contributed by atoms with van der Waals surface area (Å²) in [5, 5.41) is 0. The molecule has 2 aromatic rings. The topological polar surface area (TPSA) is 81.9 Å². The lowest BCUT2D eigenvalue weighted by atomic mass is 9.97. The maximum Gasteiger partial charge on any atom is 0.413 e. The van der Waals surface area contributed by atoms with E-state index in [0.29, 0.717) is 24.2 Å². The largest absolute Gasteiger partial charge is 0.413 e. The molecule has 0 spiro atoms. The minimum Gasteiger partial charge on any atom is -0.397 e. The van der Waals surface area contributed by atoms with Gasteiger partial charge in [-0.05, 0) is 13.8 Å². The summed E-state index contributed by atoms with van der Waals surface area (Å²) in [6.45, 7) is 4.61. The third kappa shape index (κ3) is 4.09. The molecule has 0 radical (unpaired) electrons. The van der Waals surface area contributed by atoms with Gasteiger partial charge in [0.1, 0.15) is 0 Å². The Hall–Kier alpha value is -3.02. The van der Waals surface area contributed by atoms with E-state index in [1.54, 1.807) is 48.5 Å². The highest BCUT2D eigenvalue weighted by Gasteiger charge is 2.43. The van der Waals surface area contributed by atoms with Gasteiger partial charge in [-0.3, -0.25) is 0 Å². The normalized spacial score (nSPS) is 10.8. The summed E-state index contributed by atoms with van der Waals surface area (Å²) in [5.41, 5.74) is 6.28. The lowest BCUT2D eigenvalue weighted by Gasteiger charge is -2.34. The SMILES string of the molecule is CCN(CC)C(=O)OC(OC(N)=O)(c1ccccc1)c1ccccc1. The number of primary amides is 1. The van der Waals surface area contributed by atoms with Gasteiger partial charge in [-0.1, -0.05) is 60.7 Å². The molecule has 0 heterocycles. The highest BCUT2D eigenvalue weighted by molar-refractivity contribution is 5.70. The second-order valence-electron chi connectivity index (χ2n) is 5.31. The number of nitrogens with zero attached hydrogens (tertiary/aromatic N) is 1. The Kier molecular flexibility index (Phi) is 6.00.